The number of rotatable bonds is 2. The molecule has 0 amide bonds. The van der Waals surface area contributed by atoms with Crippen LogP contribution in [-0.2, 0) is 0 Å². The fourth-order valence-electron chi connectivity index (χ4n) is 2.06. The van der Waals surface area contributed by atoms with Gasteiger partial charge < -0.3 is 5.11 Å². The van der Waals surface area contributed by atoms with Gasteiger partial charge in [0.25, 0.3) is 0 Å². The summed E-state index contributed by atoms with van der Waals surface area (Å²) in [5.74, 6) is 0.200. The largest absolute Gasteiger partial charge is 0.506 e. The highest BCUT2D eigenvalue weighted by atomic mass is 16.3. The van der Waals surface area contributed by atoms with Gasteiger partial charge in [0.2, 0.25) is 0 Å². The van der Waals surface area contributed by atoms with Crippen LogP contribution in [0.1, 0.15) is 0 Å². The summed E-state index contributed by atoms with van der Waals surface area (Å²) in [6.07, 6.45) is 1.50. The van der Waals surface area contributed by atoms with E-state index in [1.165, 1.54) is 6.20 Å². The van der Waals surface area contributed by atoms with E-state index in [1.807, 2.05) is 66.7 Å². The molecule has 1 aromatic heterocycles. The highest BCUT2D eigenvalue weighted by Gasteiger charge is 2.07. The molecule has 0 saturated heterocycles. The van der Waals surface area contributed by atoms with Crippen LogP contribution in [0.3, 0.4) is 0 Å². The van der Waals surface area contributed by atoms with Gasteiger partial charge in [-0.2, -0.15) is 0 Å². The molecule has 0 aliphatic carbocycles. The minimum Gasteiger partial charge on any atom is -0.506 e. The van der Waals surface area contributed by atoms with Crippen molar-refractivity contribution < 1.29 is 5.11 Å². The fraction of sp³-hybridized carbons (Fsp3) is 0. The van der Waals surface area contributed by atoms with E-state index in [9.17, 15) is 5.11 Å². The van der Waals surface area contributed by atoms with E-state index < -0.39 is 0 Å². The van der Waals surface area contributed by atoms with Crippen LogP contribution in [0, 0.1) is 0 Å². The van der Waals surface area contributed by atoms with E-state index in [4.69, 9.17) is 0 Å². The van der Waals surface area contributed by atoms with Crippen molar-refractivity contribution in [3.8, 4) is 28.1 Å². The lowest BCUT2D eigenvalue weighted by atomic mass is 10.0. The van der Waals surface area contributed by atoms with E-state index in [0.717, 1.165) is 22.4 Å². The van der Waals surface area contributed by atoms with Gasteiger partial charge >= 0.3 is 0 Å². The summed E-state index contributed by atoms with van der Waals surface area (Å²) < 4.78 is 0. The van der Waals surface area contributed by atoms with E-state index in [2.05, 4.69) is 4.98 Å². The van der Waals surface area contributed by atoms with Gasteiger partial charge in [-0.05, 0) is 11.6 Å². The summed E-state index contributed by atoms with van der Waals surface area (Å²) in [5.41, 5.74) is 3.69. The third-order valence-electron chi connectivity index (χ3n) is 3.04. The molecule has 0 aliphatic heterocycles. The van der Waals surface area contributed by atoms with Crippen LogP contribution in [0.15, 0.2) is 72.9 Å². The molecule has 3 rings (SSSR count). The lowest BCUT2D eigenvalue weighted by molar-refractivity contribution is 0.475. The number of nitrogens with zero attached hydrogens (tertiary/aromatic N) is 1. The quantitative estimate of drug-likeness (QED) is 0.738. The van der Waals surface area contributed by atoms with Gasteiger partial charge in [0.1, 0.15) is 5.75 Å². The summed E-state index contributed by atoms with van der Waals surface area (Å²) in [5, 5.41) is 9.97. The average molecular weight is 247 g/mol. The maximum absolute atomic E-state index is 9.97. The summed E-state index contributed by atoms with van der Waals surface area (Å²) in [4.78, 5) is 4.28. The van der Waals surface area contributed by atoms with E-state index in [0.29, 0.717) is 0 Å². The van der Waals surface area contributed by atoms with Gasteiger partial charge in [-0.3, -0.25) is 4.98 Å². The number of pyridine rings is 1. The number of benzene rings is 2. The van der Waals surface area contributed by atoms with Crippen molar-refractivity contribution in [3.63, 3.8) is 0 Å². The second kappa shape index (κ2) is 4.94. The van der Waals surface area contributed by atoms with Crippen molar-refractivity contribution in [1.82, 2.24) is 4.98 Å². The number of hydrogen-bond acceptors (Lipinski definition) is 2. The molecule has 0 bridgehead atoms. The van der Waals surface area contributed by atoms with Gasteiger partial charge in [-0.15, -0.1) is 0 Å². The van der Waals surface area contributed by atoms with Gasteiger partial charge in [0.05, 0.1) is 11.9 Å². The van der Waals surface area contributed by atoms with Crippen LogP contribution >= 0.6 is 0 Å². The molecule has 2 aromatic carbocycles. The third kappa shape index (κ3) is 2.33. The molecule has 92 valence electrons. The Bertz CT molecular complexity index is 678. The Labute approximate surface area is 112 Å². The van der Waals surface area contributed by atoms with Crippen LogP contribution in [0.2, 0.25) is 0 Å². The molecule has 0 aliphatic rings. The second-order valence-corrected chi connectivity index (χ2v) is 4.32. The molecule has 0 radical (unpaired) electrons. The van der Waals surface area contributed by atoms with E-state index in [1.54, 1.807) is 0 Å². The molecule has 2 nitrogen and oxygen atoms in total. The minimum atomic E-state index is 0.200. The van der Waals surface area contributed by atoms with Crippen molar-refractivity contribution >= 4 is 0 Å². The maximum Gasteiger partial charge on any atom is 0.141 e. The first kappa shape index (κ1) is 11.5. The molecule has 3 aromatic rings. The van der Waals surface area contributed by atoms with E-state index >= 15 is 0 Å². The molecule has 0 atom stereocenters. The van der Waals surface area contributed by atoms with Gasteiger partial charge in [0, 0.05) is 11.1 Å². The van der Waals surface area contributed by atoms with Gasteiger partial charge in [-0.25, -0.2) is 0 Å². The van der Waals surface area contributed by atoms with Crippen molar-refractivity contribution in [3.05, 3.63) is 72.9 Å². The molecular formula is C17H13NO. The van der Waals surface area contributed by atoms with Crippen LogP contribution in [0.25, 0.3) is 22.4 Å². The molecule has 1 N–H and O–H groups in total. The first-order valence-electron chi connectivity index (χ1n) is 6.14. The first-order chi connectivity index (χ1) is 9.34. The summed E-state index contributed by atoms with van der Waals surface area (Å²) in [6, 6.07) is 21.7. The predicted octanol–water partition coefficient (Wildman–Crippen LogP) is 4.12. The number of aromatic hydroxyl groups is 1. The third-order valence-corrected chi connectivity index (χ3v) is 3.04. The SMILES string of the molecule is Oc1cnc(-c2ccccc2)cc1-c1ccccc1. The van der Waals surface area contributed by atoms with Crippen molar-refractivity contribution in [2.45, 2.75) is 0 Å². The van der Waals surface area contributed by atoms with Crippen LogP contribution in [0.4, 0.5) is 0 Å². The number of hydrogen-bond donors (Lipinski definition) is 1. The van der Waals surface area contributed by atoms with E-state index in [-0.39, 0.29) is 5.75 Å². The summed E-state index contributed by atoms with van der Waals surface area (Å²) >= 11 is 0. The molecular weight excluding hydrogens is 234 g/mol. The zero-order valence-electron chi connectivity index (χ0n) is 10.3. The lowest BCUT2D eigenvalue weighted by Gasteiger charge is -2.07. The van der Waals surface area contributed by atoms with Crippen LogP contribution in [0.5, 0.6) is 5.75 Å². The summed E-state index contributed by atoms with van der Waals surface area (Å²) in [6.45, 7) is 0. The normalized spacial score (nSPS) is 10.3. The minimum absolute atomic E-state index is 0.200. The van der Waals surface area contributed by atoms with Crippen LogP contribution in [-0.4, -0.2) is 10.1 Å². The Morgan fingerprint density at radius 1 is 0.737 bits per heavy atom. The lowest BCUT2D eigenvalue weighted by Crippen LogP contribution is -1.86. The topological polar surface area (TPSA) is 33.1 Å². The van der Waals surface area contributed by atoms with Crippen LogP contribution < -0.4 is 0 Å². The summed E-state index contributed by atoms with van der Waals surface area (Å²) in [7, 11) is 0. The molecule has 0 unspecified atom stereocenters. The van der Waals surface area contributed by atoms with Gasteiger partial charge in [0.15, 0.2) is 0 Å². The molecule has 0 fully saturated rings. The number of aromatic nitrogens is 1. The average Bonchev–Trinajstić information content (AvgIpc) is 2.49. The Morgan fingerprint density at radius 3 is 1.95 bits per heavy atom. The molecule has 1 heterocycles. The van der Waals surface area contributed by atoms with Crippen molar-refractivity contribution in [1.29, 1.82) is 0 Å². The molecule has 0 spiro atoms. The Morgan fingerprint density at radius 2 is 1.32 bits per heavy atom. The standard InChI is InChI=1S/C17H13NO/c19-17-12-18-16(14-9-5-2-6-10-14)11-15(17)13-7-3-1-4-8-13/h1-12,19H. The predicted molar refractivity (Wildman–Crippen MR) is 76.8 cm³/mol. The fourth-order valence-corrected chi connectivity index (χ4v) is 2.06. The first-order valence-corrected chi connectivity index (χ1v) is 6.14. The Kier molecular flexibility index (Phi) is 2.99. The van der Waals surface area contributed by atoms with Crippen molar-refractivity contribution in [2.75, 3.05) is 0 Å². The zero-order chi connectivity index (χ0) is 13.1. The highest BCUT2D eigenvalue weighted by molar-refractivity contribution is 5.74. The van der Waals surface area contributed by atoms with Gasteiger partial charge in [-0.1, -0.05) is 60.7 Å². The molecule has 19 heavy (non-hydrogen) atoms. The highest BCUT2D eigenvalue weighted by Crippen LogP contribution is 2.31. The maximum atomic E-state index is 9.97. The second-order valence-electron chi connectivity index (χ2n) is 4.32. The Balaban J connectivity index is 2.12. The Hall–Kier alpha value is -2.61. The molecule has 2 heteroatoms. The smallest absolute Gasteiger partial charge is 0.141 e. The van der Waals surface area contributed by atoms with Crippen molar-refractivity contribution in [2.24, 2.45) is 0 Å². The molecule has 0 saturated carbocycles. The zero-order valence-corrected chi connectivity index (χ0v) is 10.3. The monoisotopic (exact) mass is 247 g/mol.